The summed E-state index contributed by atoms with van der Waals surface area (Å²) in [6.07, 6.45) is 5.53. The summed E-state index contributed by atoms with van der Waals surface area (Å²) >= 11 is 5.89. The summed E-state index contributed by atoms with van der Waals surface area (Å²) in [7, 11) is 3.75. The van der Waals surface area contributed by atoms with E-state index in [1.807, 2.05) is 26.2 Å². The highest BCUT2D eigenvalue weighted by Crippen LogP contribution is 2.37. The molecule has 0 amide bonds. The van der Waals surface area contributed by atoms with E-state index in [9.17, 15) is 0 Å². The Kier molecular flexibility index (Phi) is 6.61. The fraction of sp³-hybridized carbons (Fsp3) is 0.600. The molecule has 1 aromatic carbocycles. The van der Waals surface area contributed by atoms with Gasteiger partial charge < -0.3 is 5.32 Å². The van der Waals surface area contributed by atoms with Gasteiger partial charge in [-0.3, -0.25) is 0 Å². The van der Waals surface area contributed by atoms with Crippen LogP contribution in [0, 0.1) is 5.92 Å². The molecule has 0 heterocycles. The molecule has 1 saturated carbocycles. The summed E-state index contributed by atoms with van der Waals surface area (Å²) in [6.45, 7) is 2.37. The molecule has 17 heavy (non-hydrogen) atoms. The number of hydrogen-bond acceptors (Lipinski definition) is 1. The van der Waals surface area contributed by atoms with Gasteiger partial charge in [0.15, 0.2) is 0 Å². The Morgan fingerprint density at radius 3 is 2.12 bits per heavy atom. The monoisotopic (exact) mass is 253 g/mol. The van der Waals surface area contributed by atoms with Gasteiger partial charge >= 0.3 is 0 Å². The van der Waals surface area contributed by atoms with Crippen LogP contribution in [0.2, 0.25) is 5.02 Å². The molecule has 1 aliphatic rings. The Bertz CT molecular complexity index is 307. The summed E-state index contributed by atoms with van der Waals surface area (Å²) in [4.78, 5) is 0. The van der Waals surface area contributed by atoms with Crippen LogP contribution in [0.15, 0.2) is 24.3 Å². The SMILES string of the molecule is CNC.C[C@@H]1CCCC[C@H]1c1ccc(Cl)cc1. The zero-order valence-electron chi connectivity index (χ0n) is 11.2. The number of nitrogens with one attached hydrogen (secondary N) is 1. The van der Waals surface area contributed by atoms with Crippen molar-refractivity contribution in [2.24, 2.45) is 5.92 Å². The Labute approximate surface area is 111 Å². The van der Waals surface area contributed by atoms with Crippen molar-refractivity contribution in [2.75, 3.05) is 14.1 Å². The number of benzene rings is 1. The molecule has 1 nitrogen and oxygen atoms in total. The Morgan fingerprint density at radius 1 is 1.06 bits per heavy atom. The second-order valence-electron chi connectivity index (χ2n) is 4.92. The minimum atomic E-state index is 0.765. The molecule has 96 valence electrons. The molecule has 2 rings (SSSR count). The lowest BCUT2D eigenvalue weighted by Gasteiger charge is -2.29. The molecule has 0 spiro atoms. The van der Waals surface area contributed by atoms with Crippen molar-refractivity contribution >= 4 is 11.6 Å². The molecule has 2 atom stereocenters. The van der Waals surface area contributed by atoms with Crippen LogP contribution in [-0.2, 0) is 0 Å². The quantitative estimate of drug-likeness (QED) is 0.779. The van der Waals surface area contributed by atoms with Gasteiger partial charge in [0.05, 0.1) is 0 Å². The fourth-order valence-corrected chi connectivity index (χ4v) is 2.65. The summed E-state index contributed by atoms with van der Waals surface area (Å²) in [6, 6.07) is 8.40. The second kappa shape index (κ2) is 7.73. The van der Waals surface area contributed by atoms with E-state index in [0.717, 1.165) is 16.9 Å². The van der Waals surface area contributed by atoms with Gasteiger partial charge in [0.2, 0.25) is 0 Å². The van der Waals surface area contributed by atoms with E-state index in [0.29, 0.717) is 0 Å². The zero-order chi connectivity index (χ0) is 12.7. The van der Waals surface area contributed by atoms with Crippen LogP contribution in [0.5, 0.6) is 0 Å². The first kappa shape index (κ1) is 14.5. The van der Waals surface area contributed by atoms with Crippen molar-refractivity contribution in [3.63, 3.8) is 0 Å². The Hall–Kier alpha value is -0.530. The van der Waals surface area contributed by atoms with Crippen LogP contribution in [0.4, 0.5) is 0 Å². The van der Waals surface area contributed by atoms with Gasteiger partial charge in [0.1, 0.15) is 0 Å². The van der Waals surface area contributed by atoms with Gasteiger partial charge in [-0.25, -0.2) is 0 Å². The largest absolute Gasteiger partial charge is 0.323 e. The lowest BCUT2D eigenvalue weighted by atomic mass is 9.76. The fourth-order valence-electron chi connectivity index (χ4n) is 2.52. The molecule has 1 aliphatic carbocycles. The standard InChI is InChI=1S/C13H17Cl.C2H7N/c1-10-4-2-3-5-13(10)11-6-8-12(14)9-7-11;1-3-2/h6-10,13H,2-5H2,1H3;3H,1-2H3/t10-,13-;/m1./s1. The van der Waals surface area contributed by atoms with Crippen LogP contribution in [0.1, 0.15) is 44.1 Å². The first-order valence-corrected chi connectivity index (χ1v) is 6.90. The number of halogens is 1. The van der Waals surface area contributed by atoms with E-state index in [-0.39, 0.29) is 0 Å². The Balaban J connectivity index is 0.000000437. The first-order chi connectivity index (χ1) is 8.19. The van der Waals surface area contributed by atoms with Crippen molar-refractivity contribution in [3.05, 3.63) is 34.9 Å². The van der Waals surface area contributed by atoms with Crippen molar-refractivity contribution in [1.29, 1.82) is 0 Å². The lowest BCUT2D eigenvalue weighted by Crippen LogP contribution is -2.14. The highest BCUT2D eigenvalue weighted by Gasteiger charge is 2.22. The van der Waals surface area contributed by atoms with Crippen LogP contribution >= 0.6 is 11.6 Å². The minimum absolute atomic E-state index is 0.765. The van der Waals surface area contributed by atoms with Gasteiger partial charge in [-0.15, -0.1) is 0 Å². The smallest absolute Gasteiger partial charge is 0.0406 e. The third kappa shape index (κ3) is 4.69. The lowest BCUT2D eigenvalue weighted by molar-refractivity contribution is 0.330. The molecular formula is C15H24ClN. The molecule has 0 aliphatic heterocycles. The van der Waals surface area contributed by atoms with E-state index < -0.39 is 0 Å². The van der Waals surface area contributed by atoms with E-state index in [1.54, 1.807) is 0 Å². The van der Waals surface area contributed by atoms with E-state index in [1.165, 1.54) is 31.2 Å². The molecule has 0 saturated heterocycles. The molecule has 0 aromatic heterocycles. The van der Waals surface area contributed by atoms with Crippen LogP contribution in [0.3, 0.4) is 0 Å². The maximum absolute atomic E-state index is 5.89. The van der Waals surface area contributed by atoms with Gasteiger partial charge in [-0.05, 0) is 50.0 Å². The normalized spacial score (nSPS) is 23.8. The van der Waals surface area contributed by atoms with Crippen molar-refractivity contribution in [3.8, 4) is 0 Å². The molecule has 1 fully saturated rings. The first-order valence-electron chi connectivity index (χ1n) is 6.53. The van der Waals surface area contributed by atoms with Gasteiger partial charge in [0.25, 0.3) is 0 Å². The number of rotatable bonds is 1. The van der Waals surface area contributed by atoms with Gasteiger partial charge in [-0.1, -0.05) is 49.9 Å². The third-order valence-corrected chi connectivity index (χ3v) is 3.66. The van der Waals surface area contributed by atoms with Crippen LogP contribution in [0.25, 0.3) is 0 Å². The van der Waals surface area contributed by atoms with Crippen LogP contribution < -0.4 is 5.32 Å². The summed E-state index contributed by atoms with van der Waals surface area (Å²) in [5, 5.41) is 3.59. The molecule has 2 heteroatoms. The molecular weight excluding hydrogens is 230 g/mol. The van der Waals surface area contributed by atoms with Crippen molar-refractivity contribution < 1.29 is 0 Å². The van der Waals surface area contributed by atoms with Crippen molar-refractivity contribution in [1.82, 2.24) is 5.32 Å². The maximum atomic E-state index is 5.89. The molecule has 0 radical (unpaired) electrons. The third-order valence-electron chi connectivity index (χ3n) is 3.41. The topological polar surface area (TPSA) is 12.0 Å². The van der Waals surface area contributed by atoms with Crippen LogP contribution in [-0.4, -0.2) is 14.1 Å². The average Bonchev–Trinajstić information content (AvgIpc) is 2.32. The van der Waals surface area contributed by atoms with Crippen molar-refractivity contribution in [2.45, 2.75) is 38.5 Å². The summed E-state index contributed by atoms with van der Waals surface area (Å²) in [5.41, 5.74) is 1.47. The van der Waals surface area contributed by atoms with Gasteiger partial charge in [-0.2, -0.15) is 0 Å². The predicted molar refractivity (Wildman–Crippen MR) is 76.8 cm³/mol. The summed E-state index contributed by atoms with van der Waals surface area (Å²) in [5.74, 6) is 1.60. The van der Waals surface area contributed by atoms with E-state index in [4.69, 9.17) is 11.6 Å². The molecule has 0 bridgehead atoms. The molecule has 1 N–H and O–H groups in total. The molecule has 1 aromatic rings. The zero-order valence-corrected chi connectivity index (χ0v) is 11.9. The summed E-state index contributed by atoms with van der Waals surface area (Å²) < 4.78 is 0. The van der Waals surface area contributed by atoms with E-state index >= 15 is 0 Å². The molecule has 0 unspecified atom stereocenters. The Morgan fingerprint density at radius 2 is 1.59 bits per heavy atom. The maximum Gasteiger partial charge on any atom is 0.0406 e. The second-order valence-corrected chi connectivity index (χ2v) is 5.36. The van der Waals surface area contributed by atoms with E-state index in [2.05, 4.69) is 24.4 Å². The average molecular weight is 254 g/mol. The highest BCUT2D eigenvalue weighted by atomic mass is 35.5. The highest BCUT2D eigenvalue weighted by molar-refractivity contribution is 6.30. The number of hydrogen-bond donors (Lipinski definition) is 1. The van der Waals surface area contributed by atoms with Gasteiger partial charge in [0, 0.05) is 5.02 Å². The minimum Gasteiger partial charge on any atom is -0.323 e. The predicted octanol–water partition coefficient (Wildman–Crippen LogP) is 4.47.